The van der Waals surface area contributed by atoms with Gasteiger partial charge in [0.15, 0.2) is 0 Å². The van der Waals surface area contributed by atoms with E-state index in [1.807, 2.05) is 0 Å². The maximum Gasteiger partial charge on any atom is 0.250 e. The molecule has 3 N–H and O–H groups in total. The van der Waals surface area contributed by atoms with Crippen LogP contribution in [0.15, 0.2) is 21.7 Å². The van der Waals surface area contributed by atoms with Crippen molar-refractivity contribution in [2.75, 3.05) is 0 Å². The van der Waals surface area contributed by atoms with Crippen molar-refractivity contribution in [2.24, 2.45) is 5.73 Å². The lowest BCUT2D eigenvalue weighted by molar-refractivity contribution is 0.581. The molecule has 1 heterocycles. The van der Waals surface area contributed by atoms with E-state index in [-0.39, 0.29) is 9.20 Å². The van der Waals surface area contributed by atoms with Crippen LogP contribution in [0.1, 0.15) is 6.92 Å². The summed E-state index contributed by atoms with van der Waals surface area (Å²) < 4.78 is 25.8. The molecule has 0 aliphatic carbocycles. The van der Waals surface area contributed by atoms with Crippen LogP contribution < -0.4 is 10.5 Å². The summed E-state index contributed by atoms with van der Waals surface area (Å²) in [4.78, 5) is 0.130. The summed E-state index contributed by atoms with van der Waals surface area (Å²) in [7, 11) is -3.46. The van der Waals surface area contributed by atoms with Crippen LogP contribution in [0.25, 0.3) is 0 Å². The second kappa shape index (κ2) is 4.35. The standard InChI is InChI=1S/C7H10N2O2S3/c1-5(7(8)12)9-14(10,11)6-3-2-4-13-6/h2-5,9H,1H3,(H2,8,12). The maximum absolute atomic E-state index is 11.6. The van der Waals surface area contributed by atoms with Crippen molar-refractivity contribution in [3.05, 3.63) is 17.5 Å². The number of hydrogen-bond donors (Lipinski definition) is 2. The third-order valence-electron chi connectivity index (χ3n) is 1.52. The van der Waals surface area contributed by atoms with Crippen LogP contribution in [0.2, 0.25) is 0 Å². The molecule has 1 atom stereocenters. The maximum atomic E-state index is 11.6. The van der Waals surface area contributed by atoms with Gasteiger partial charge >= 0.3 is 0 Å². The molecule has 0 saturated carbocycles. The Morgan fingerprint density at radius 1 is 1.71 bits per heavy atom. The van der Waals surface area contributed by atoms with Crippen LogP contribution in [0, 0.1) is 0 Å². The highest BCUT2D eigenvalue weighted by Gasteiger charge is 2.19. The molecule has 4 nitrogen and oxygen atoms in total. The first-order valence-corrected chi connectivity index (χ1v) is 6.56. The van der Waals surface area contributed by atoms with Crippen molar-refractivity contribution in [2.45, 2.75) is 17.2 Å². The average molecular weight is 250 g/mol. The third kappa shape index (κ3) is 2.74. The van der Waals surface area contributed by atoms with Gasteiger partial charge in [0.2, 0.25) is 0 Å². The molecule has 14 heavy (non-hydrogen) atoms. The number of nitrogens with one attached hydrogen (secondary N) is 1. The van der Waals surface area contributed by atoms with E-state index in [0.717, 1.165) is 11.3 Å². The predicted molar refractivity (Wildman–Crippen MR) is 60.9 cm³/mol. The number of sulfonamides is 1. The minimum Gasteiger partial charge on any atom is -0.392 e. The van der Waals surface area contributed by atoms with Gasteiger partial charge in [-0.05, 0) is 18.4 Å². The van der Waals surface area contributed by atoms with E-state index in [4.69, 9.17) is 5.73 Å². The Bertz CT molecular complexity index is 410. The van der Waals surface area contributed by atoms with Crippen LogP contribution in [0.3, 0.4) is 0 Å². The molecule has 0 aliphatic heterocycles. The van der Waals surface area contributed by atoms with E-state index < -0.39 is 16.1 Å². The van der Waals surface area contributed by atoms with Gasteiger partial charge in [0.25, 0.3) is 10.0 Å². The topological polar surface area (TPSA) is 72.2 Å². The quantitative estimate of drug-likeness (QED) is 0.772. The molecule has 0 aromatic carbocycles. The Morgan fingerprint density at radius 2 is 2.36 bits per heavy atom. The molecule has 0 amide bonds. The second-order valence-electron chi connectivity index (χ2n) is 2.68. The van der Waals surface area contributed by atoms with Crippen LogP contribution in [0.5, 0.6) is 0 Å². The zero-order chi connectivity index (χ0) is 10.8. The second-order valence-corrected chi connectivity index (χ2v) is 6.04. The van der Waals surface area contributed by atoms with E-state index in [0.29, 0.717) is 0 Å². The van der Waals surface area contributed by atoms with Gasteiger partial charge < -0.3 is 5.73 Å². The molecule has 0 saturated heterocycles. The predicted octanol–water partition coefficient (Wildman–Crippen LogP) is 0.701. The van der Waals surface area contributed by atoms with Gasteiger partial charge in [-0.25, -0.2) is 13.1 Å². The Balaban J connectivity index is 2.84. The molecule has 0 fully saturated rings. The minimum atomic E-state index is -3.46. The number of nitrogens with two attached hydrogens (primary N) is 1. The van der Waals surface area contributed by atoms with Crippen molar-refractivity contribution < 1.29 is 8.42 Å². The minimum absolute atomic E-state index is 0.130. The molecule has 78 valence electrons. The summed E-state index contributed by atoms with van der Waals surface area (Å²) >= 11 is 5.82. The van der Waals surface area contributed by atoms with Crippen molar-refractivity contribution in [1.82, 2.24) is 4.72 Å². The number of thiocarbonyl (C=S) groups is 1. The summed E-state index contributed by atoms with van der Waals surface area (Å²) in [5, 5.41) is 1.69. The summed E-state index contributed by atoms with van der Waals surface area (Å²) in [6, 6.07) is 2.67. The largest absolute Gasteiger partial charge is 0.392 e. The molecule has 1 unspecified atom stereocenters. The molecule has 0 radical (unpaired) electrons. The zero-order valence-corrected chi connectivity index (χ0v) is 9.88. The first-order chi connectivity index (χ1) is 6.43. The van der Waals surface area contributed by atoms with Gasteiger partial charge in [-0.3, -0.25) is 0 Å². The summed E-state index contributed by atoms with van der Waals surface area (Å²) in [6.45, 7) is 1.60. The van der Waals surface area contributed by atoms with Crippen molar-refractivity contribution in [3.8, 4) is 0 Å². The lowest BCUT2D eigenvalue weighted by Crippen LogP contribution is -2.40. The summed E-state index contributed by atoms with van der Waals surface area (Å²) in [6.07, 6.45) is 0. The average Bonchev–Trinajstić information content (AvgIpc) is 2.54. The SMILES string of the molecule is CC(NS(=O)(=O)c1cccs1)C(N)=S. The Hall–Kier alpha value is -0.500. The summed E-state index contributed by atoms with van der Waals surface area (Å²) in [5.41, 5.74) is 5.30. The third-order valence-corrected chi connectivity index (χ3v) is 4.81. The molecule has 1 aromatic rings. The highest BCUT2D eigenvalue weighted by molar-refractivity contribution is 7.91. The van der Waals surface area contributed by atoms with Crippen molar-refractivity contribution in [1.29, 1.82) is 0 Å². The molecular formula is C7H10N2O2S3. The lowest BCUT2D eigenvalue weighted by atomic mass is 10.4. The molecule has 0 bridgehead atoms. The van der Waals surface area contributed by atoms with Crippen LogP contribution >= 0.6 is 23.6 Å². The van der Waals surface area contributed by atoms with Crippen LogP contribution in [-0.2, 0) is 10.0 Å². The highest BCUT2D eigenvalue weighted by atomic mass is 32.2. The summed E-state index contributed by atoms with van der Waals surface area (Å²) in [5.74, 6) is 0. The number of hydrogen-bond acceptors (Lipinski definition) is 4. The Kier molecular flexibility index (Phi) is 3.59. The Labute approximate surface area is 92.2 Å². The fraction of sp³-hybridized carbons (Fsp3) is 0.286. The van der Waals surface area contributed by atoms with E-state index >= 15 is 0 Å². The first kappa shape index (κ1) is 11.6. The lowest BCUT2D eigenvalue weighted by Gasteiger charge is -2.10. The Morgan fingerprint density at radius 3 is 2.79 bits per heavy atom. The van der Waals surface area contributed by atoms with Gasteiger partial charge in [0.1, 0.15) is 4.21 Å². The van der Waals surface area contributed by atoms with Gasteiger partial charge in [0, 0.05) is 0 Å². The van der Waals surface area contributed by atoms with Gasteiger partial charge in [-0.1, -0.05) is 18.3 Å². The molecule has 1 aromatic heterocycles. The van der Waals surface area contributed by atoms with Crippen molar-refractivity contribution in [3.63, 3.8) is 0 Å². The number of thiophene rings is 1. The van der Waals surface area contributed by atoms with E-state index in [1.54, 1.807) is 18.4 Å². The van der Waals surface area contributed by atoms with Crippen LogP contribution in [0.4, 0.5) is 0 Å². The zero-order valence-electron chi connectivity index (χ0n) is 7.43. The number of rotatable bonds is 4. The van der Waals surface area contributed by atoms with Gasteiger partial charge in [-0.2, -0.15) is 0 Å². The monoisotopic (exact) mass is 250 g/mol. The van der Waals surface area contributed by atoms with Gasteiger partial charge in [-0.15, -0.1) is 11.3 Å². The molecule has 0 aliphatic rings. The molecule has 7 heteroatoms. The highest BCUT2D eigenvalue weighted by Crippen LogP contribution is 2.15. The van der Waals surface area contributed by atoms with E-state index in [1.165, 1.54) is 6.07 Å². The van der Waals surface area contributed by atoms with Gasteiger partial charge in [0.05, 0.1) is 11.0 Å². The molecule has 1 rings (SSSR count). The van der Waals surface area contributed by atoms with Crippen LogP contribution in [-0.4, -0.2) is 19.4 Å². The van der Waals surface area contributed by atoms with Crippen molar-refractivity contribution >= 4 is 38.6 Å². The van der Waals surface area contributed by atoms with E-state index in [2.05, 4.69) is 16.9 Å². The first-order valence-electron chi connectivity index (χ1n) is 3.78. The smallest absolute Gasteiger partial charge is 0.250 e. The fourth-order valence-corrected chi connectivity index (χ4v) is 3.13. The molecular weight excluding hydrogens is 240 g/mol. The molecule has 0 spiro atoms. The normalized spacial score (nSPS) is 13.8. The fourth-order valence-electron chi connectivity index (χ4n) is 0.765. The van der Waals surface area contributed by atoms with E-state index in [9.17, 15) is 8.42 Å².